The summed E-state index contributed by atoms with van der Waals surface area (Å²) in [6.07, 6.45) is 0. The van der Waals surface area contributed by atoms with Crippen LogP contribution in [0.2, 0.25) is 0 Å². The number of carbonyl (C=O) groups is 1. The van der Waals surface area contributed by atoms with Gasteiger partial charge >= 0.3 is 5.97 Å². The largest absolute Gasteiger partial charge is 0.508 e. The lowest BCUT2D eigenvalue weighted by Crippen LogP contribution is -2.45. The number of thiocarbonyl (C=S) groups is 1. The maximum Gasteiger partial charge on any atom is 0.338 e. The molecular weight excluding hydrogens is 336 g/mol. The van der Waals surface area contributed by atoms with Crippen molar-refractivity contribution < 1.29 is 14.6 Å². The highest BCUT2D eigenvalue weighted by Crippen LogP contribution is 2.33. The zero-order valence-corrected chi connectivity index (χ0v) is 14.5. The van der Waals surface area contributed by atoms with Gasteiger partial charge < -0.3 is 20.5 Å². The first-order valence-electron chi connectivity index (χ1n) is 7.93. The summed E-state index contributed by atoms with van der Waals surface area (Å²) in [4.78, 5) is 12.7. The third-order valence-electron chi connectivity index (χ3n) is 3.83. The zero-order chi connectivity index (χ0) is 17.8. The number of phenolic OH excluding ortho intramolecular Hbond substituents is 1. The minimum atomic E-state index is -0.518. The summed E-state index contributed by atoms with van der Waals surface area (Å²) < 4.78 is 5.27. The predicted molar refractivity (Wildman–Crippen MR) is 99.7 cm³/mol. The lowest BCUT2D eigenvalue weighted by Gasteiger charge is -2.31. The molecule has 128 valence electrons. The lowest BCUT2D eigenvalue weighted by molar-refractivity contribution is -0.138. The van der Waals surface area contributed by atoms with Crippen molar-refractivity contribution in [3.05, 3.63) is 71.3 Å². The van der Waals surface area contributed by atoms with Crippen LogP contribution in [-0.4, -0.2) is 22.8 Å². The number of phenols is 1. The summed E-state index contributed by atoms with van der Waals surface area (Å²) in [5, 5.41) is 16.4. The van der Waals surface area contributed by atoms with Gasteiger partial charge in [-0.15, -0.1) is 0 Å². The number of ether oxygens (including phenoxy) is 1. The molecule has 0 aromatic heterocycles. The van der Waals surface area contributed by atoms with Gasteiger partial charge in [0, 0.05) is 0 Å². The summed E-state index contributed by atoms with van der Waals surface area (Å²) >= 11 is 5.33. The Hall–Kier alpha value is -2.86. The van der Waals surface area contributed by atoms with Gasteiger partial charge in [0.15, 0.2) is 5.11 Å². The van der Waals surface area contributed by atoms with Crippen LogP contribution in [0.5, 0.6) is 5.75 Å². The molecular formula is C19H18N2O3S. The fourth-order valence-electron chi connectivity index (χ4n) is 2.78. The number of rotatable bonds is 4. The quantitative estimate of drug-likeness (QED) is 0.579. The Morgan fingerprint density at radius 1 is 1.20 bits per heavy atom. The highest BCUT2D eigenvalue weighted by atomic mass is 32.1. The fraction of sp³-hybridized carbons (Fsp3) is 0.158. The summed E-state index contributed by atoms with van der Waals surface area (Å²) in [6, 6.07) is 15.7. The van der Waals surface area contributed by atoms with Crippen LogP contribution in [0, 0.1) is 0 Å². The standard InChI is InChI=1S/C19H18N2O3S/c1-2-24-18(23)15-16(12-7-4-3-5-8-12)20-19(25)21-17(15)13-9-6-10-14(22)11-13/h3-11,17,22H,2H2,1H3,(H2,20,21,25). The van der Waals surface area contributed by atoms with Crippen LogP contribution in [0.1, 0.15) is 24.1 Å². The molecule has 1 atom stereocenters. The Labute approximate surface area is 151 Å². The van der Waals surface area contributed by atoms with Gasteiger partial charge in [-0.2, -0.15) is 0 Å². The molecule has 1 heterocycles. The van der Waals surface area contributed by atoms with Crippen molar-refractivity contribution in [1.82, 2.24) is 10.6 Å². The van der Waals surface area contributed by atoms with Crippen LogP contribution in [0.4, 0.5) is 0 Å². The van der Waals surface area contributed by atoms with E-state index in [2.05, 4.69) is 10.6 Å². The van der Waals surface area contributed by atoms with E-state index in [0.717, 1.165) is 11.1 Å². The van der Waals surface area contributed by atoms with E-state index >= 15 is 0 Å². The zero-order valence-electron chi connectivity index (χ0n) is 13.7. The molecule has 0 aliphatic carbocycles. The Morgan fingerprint density at radius 3 is 2.64 bits per heavy atom. The first kappa shape index (κ1) is 17.0. The van der Waals surface area contributed by atoms with Gasteiger partial charge in [-0.1, -0.05) is 42.5 Å². The molecule has 0 bridgehead atoms. The predicted octanol–water partition coefficient (Wildman–Crippen LogP) is 2.89. The smallest absolute Gasteiger partial charge is 0.338 e. The first-order valence-corrected chi connectivity index (χ1v) is 8.34. The molecule has 3 rings (SSSR count). The van der Waals surface area contributed by atoms with Crippen LogP contribution in [0.25, 0.3) is 5.70 Å². The van der Waals surface area contributed by atoms with Crippen LogP contribution >= 0.6 is 12.2 Å². The van der Waals surface area contributed by atoms with Crippen molar-refractivity contribution in [3.8, 4) is 5.75 Å². The highest BCUT2D eigenvalue weighted by Gasteiger charge is 2.33. The van der Waals surface area contributed by atoms with E-state index in [4.69, 9.17) is 17.0 Å². The molecule has 0 saturated heterocycles. The molecule has 0 spiro atoms. The summed E-state index contributed by atoms with van der Waals surface area (Å²) in [6.45, 7) is 2.03. The van der Waals surface area contributed by atoms with Crippen molar-refractivity contribution in [2.24, 2.45) is 0 Å². The average molecular weight is 354 g/mol. The Kier molecular flexibility index (Phi) is 5.00. The Bertz CT molecular complexity index is 834. The molecule has 0 amide bonds. The van der Waals surface area contributed by atoms with Gasteiger partial charge in [-0.3, -0.25) is 0 Å². The number of esters is 1. The highest BCUT2D eigenvalue weighted by molar-refractivity contribution is 7.80. The number of nitrogens with one attached hydrogen (secondary N) is 2. The van der Waals surface area contributed by atoms with Crippen molar-refractivity contribution in [2.75, 3.05) is 6.61 Å². The van der Waals surface area contributed by atoms with Crippen LogP contribution in [0.3, 0.4) is 0 Å². The van der Waals surface area contributed by atoms with E-state index in [1.54, 1.807) is 25.1 Å². The van der Waals surface area contributed by atoms with E-state index < -0.39 is 12.0 Å². The average Bonchev–Trinajstić information content (AvgIpc) is 2.62. The topological polar surface area (TPSA) is 70.6 Å². The minimum absolute atomic E-state index is 0.119. The summed E-state index contributed by atoms with van der Waals surface area (Å²) in [7, 11) is 0. The van der Waals surface area contributed by atoms with Crippen molar-refractivity contribution in [2.45, 2.75) is 13.0 Å². The third kappa shape index (κ3) is 3.64. The molecule has 6 heteroatoms. The van der Waals surface area contributed by atoms with Gasteiger partial charge in [0.2, 0.25) is 0 Å². The van der Waals surface area contributed by atoms with Gasteiger partial charge in [-0.25, -0.2) is 4.79 Å². The normalized spacial score (nSPS) is 16.8. The van der Waals surface area contributed by atoms with E-state index in [1.165, 1.54) is 0 Å². The second kappa shape index (κ2) is 7.36. The number of aromatic hydroxyl groups is 1. The molecule has 25 heavy (non-hydrogen) atoms. The first-order chi connectivity index (χ1) is 12.1. The van der Waals surface area contributed by atoms with Gasteiger partial charge in [0.05, 0.1) is 23.9 Å². The number of benzene rings is 2. The maximum atomic E-state index is 12.7. The number of hydrogen-bond donors (Lipinski definition) is 3. The second-order valence-electron chi connectivity index (χ2n) is 5.50. The van der Waals surface area contributed by atoms with E-state index in [-0.39, 0.29) is 12.4 Å². The SMILES string of the molecule is CCOC(=O)C1=C(c2ccccc2)NC(=S)NC1c1cccc(O)c1. The molecule has 1 aliphatic rings. The van der Waals surface area contributed by atoms with Crippen LogP contribution in [-0.2, 0) is 9.53 Å². The van der Waals surface area contributed by atoms with Gasteiger partial charge in [-0.05, 0) is 42.4 Å². The Balaban J connectivity index is 2.18. The monoisotopic (exact) mass is 354 g/mol. The van der Waals surface area contributed by atoms with Gasteiger partial charge in [0.25, 0.3) is 0 Å². The molecule has 0 fully saturated rings. The molecule has 2 aromatic carbocycles. The van der Waals surface area contributed by atoms with E-state index in [1.807, 2.05) is 36.4 Å². The fourth-order valence-corrected chi connectivity index (χ4v) is 3.00. The summed E-state index contributed by atoms with van der Waals surface area (Å²) in [5.74, 6) is -0.314. The molecule has 0 saturated carbocycles. The van der Waals surface area contributed by atoms with E-state index in [9.17, 15) is 9.90 Å². The molecule has 0 radical (unpaired) electrons. The maximum absolute atomic E-state index is 12.7. The van der Waals surface area contributed by atoms with Crippen molar-refractivity contribution >= 4 is 29.0 Å². The molecule has 5 nitrogen and oxygen atoms in total. The lowest BCUT2D eigenvalue weighted by atomic mass is 9.92. The number of hydrogen-bond acceptors (Lipinski definition) is 4. The van der Waals surface area contributed by atoms with E-state index in [0.29, 0.717) is 16.4 Å². The van der Waals surface area contributed by atoms with Crippen LogP contribution < -0.4 is 10.6 Å². The molecule has 3 N–H and O–H groups in total. The van der Waals surface area contributed by atoms with Crippen molar-refractivity contribution in [1.29, 1.82) is 0 Å². The number of carbonyl (C=O) groups excluding carboxylic acids is 1. The summed E-state index contributed by atoms with van der Waals surface area (Å²) in [5.41, 5.74) is 2.59. The molecule has 1 aliphatic heterocycles. The Morgan fingerprint density at radius 2 is 1.96 bits per heavy atom. The minimum Gasteiger partial charge on any atom is -0.508 e. The van der Waals surface area contributed by atoms with Crippen molar-refractivity contribution in [3.63, 3.8) is 0 Å². The molecule has 2 aromatic rings. The second-order valence-corrected chi connectivity index (χ2v) is 5.91. The van der Waals surface area contributed by atoms with Crippen LogP contribution in [0.15, 0.2) is 60.2 Å². The third-order valence-corrected chi connectivity index (χ3v) is 4.05. The molecule has 1 unspecified atom stereocenters. The van der Waals surface area contributed by atoms with Gasteiger partial charge in [0.1, 0.15) is 5.75 Å².